The van der Waals surface area contributed by atoms with Crippen molar-refractivity contribution in [2.45, 2.75) is 5.16 Å². The molecule has 2 aromatic rings. The number of H-pyrrole nitrogens is 1. The van der Waals surface area contributed by atoms with Crippen molar-refractivity contribution in [3.8, 4) is 0 Å². The fourth-order valence-corrected chi connectivity index (χ4v) is 2.18. The second-order valence-electron chi connectivity index (χ2n) is 4.33. The standard InChI is InChI=1S/C13H11N5O5S/c19-10-5-6-14-13(15-10)24-7-11(20)16-17-12(21)8-1-3-9(4-2-8)18(22)23/h1-6H,7H2,(H,16,20)(H,17,21)(H,14,15,19). The highest BCUT2D eigenvalue weighted by atomic mass is 32.2. The molecule has 2 amide bonds. The van der Waals surface area contributed by atoms with Crippen LogP contribution in [-0.4, -0.2) is 32.5 Å². The summed E-state index contributed by atoms with van der Waals surface area (Å²) in [7, 11) is 0. The van der Waals surface area contributed by atoms with Gasteiger partial charge in [-0.2, -0.15) is 0 Å². The Morgan fingerprint density at radius 3 is 2.54 bits per heavy atom. The predicted octanol–water partition coefficient (Wildman–Crippen LogP) is 0.231. The van der Waals surface area contributed by atoms with E-state index in [4.69, 9.17) is 0 Å². The highest BCUT2D eigenvalue weighted by molar-refractivity contribution is 7.99. The Morgan fingerprint density at radius 2 is 1.92 bits per heavy atom. The van der Waals surface area contributed by atoms with Gasteiger partial charge in [0, 0.05) is 30.0 Å². The van der Waals surface area contributed by atoms with Crippen molar-refractivity contribution in [1.29, 1.82) is 0 Å². The third-order valence-electron chi connectivity index (χ3n) is 2.64. The number of hydrogen-bond acceptors (Lipinski definition) is 7. The molecule has 0 saturated carbocycles. The van der Waals surface area contributed by atoms with Gasteiger partial charge in [-0.3, -0.25) is 35.3 Å². The maximum atomic E-state index is 11.8. The zero-order valence-electron chi connectivity index (χ0n) is 12.0. The Bertz CT molecular complexity index is 820. The maximum Gasteiger partial charge on any atom is 0.269 e. The average molecular weight is 349 g/mol. The number of amides is 2. The molecule has 124 valence electrons. The van der Waals surface area contributed by atoms with Gasteiger partial charge in [0.25, 0.3) is 17.2 Å². The first-order chi connectivity index (χ1) is 11.5. The smallest absolute Gasteiger partial charge is 0.269 e. The zero-order valence-corrected chi connectivity index (χ0v) is 12.8. The number of thioether (sulfide) groups is 1. The molecule has 24 heavy (non-hydrogen) atoms. The number of benzene rings is 1. The van der Waals surface area contributed by atoms with E-state index < -0.39 is 16.7 Å². The van der Waals surface area contributed by atoms with Crippen LogP contribution in [0.4, 0.5) is 5.69 Å². The normalized spacial score (nSPS) is 10.0. The van der Waals surface area contributed by atoms with E-state index >= 15 is 0 Å². The first-order valence-corrected chi connectivity index (χ1v) is 7.46. The molecule has 10 nitrogen and oxygen atoms in total. The number of carbonyl (C=O) groups is 2. The Hall–Kier alpha value is -3.21. The monoisotopic (exact) mass is 349 g/mol. The highest BCUT2D eigenvalue weighted by Crippen LogP contribution is 2.11. The van der Waals surface area contributed by atoms with Gasteiger partial charge in [-0.25, -0.2) is 4.98 Å². The Labute approximate surface area is 138 Å². The number of hydrogen-bond donors (Lipinski definition) is 3. The number of nitro groups is 1. The second kappa shape index (κ2) is 7.87. The van der Waals surface area contributed by atoms with Crippen LogP contribution in [-0.2, 0) is 4.79 Å². The van der Waals surface area contributed by atoms with Gasteiger partial charge in [0.2, 0.25) is 5.91 Å². The quantitative estimate of drug-likeness (QED) is 0.303. The summed E-state index contributed by atoms with van der Waals surface area (Å²) in [6.45, 7) is 0. The number of nitro benzene ring substituents is 1. The molecule has 2 rings (SSSR count). The van der Waals surface area contributed by atoms with Crippen LogP contribution in [0.5, 0.6) is 0 Å². The van der Waals surface area contributed by atoms with Crippen molar-refractivity contribution < 1.29 is 14.5 Å². The number of carbonyl (C=O) groups excluding carboxylic acids is 2. The van der Waals surface area contributed by atoms with Gasteiger partial charge in [-0.15, -0.1) is 0 Å². The molecule has 3 N–H and O–H groups in total. The summed E-state index contributed by atoms with van der Waals surface area (Å²) in [4.78, 5) is 50.7. The number of aromatic nitrogens is 2. The van der Waals surface area contributed by atoms with E-state index in [1.807, 2.05) is 0 Å². The van der Waals surface area contributed by atoms with Crippen LogP contribution < -0.4 is 16.4 Å². The van der Waals surface area contributed by atoms with Gasteiger partial charge >= 0.3 is 0 Å². The van der Waals surface area contributed by atoms with E-state index in [0.29, 0.717) is 0 Å². The molecule has 1 aromatic heterocycles. The van der Waals surface area contributed by atoms with Crippen LogP contribution in [0.25, 0.3) is 0 Å². The zero-order chi connectivity index (χ0) is 17.5. The van der Waals surface area contributed by atoms with E-state index in [1.165, 1.54) is 36.5 Å². The Kier molecular flexibility index (Phi) is 5.63. The third kappa shape index (κ3) is 4.91. The first-order valence-electron chi connectivity index (χ1n) is 6.47. The number of nitrogens with one attached hydrogen (secondary N) is 3. The fraction of sp³-hybridized carbons (Fsp3) is 0.0769. The number of rotatable bonds is 5. The number of hydrazine groups is 1. The topological polar surface area (TPSA) is 147 Å². The molecule has 1 aromatic carbocycles. The van der Waals surface area contributed by atoms with Crippen LogP contribution in [0.3, 0.4) is 0 Å². The molecule has 0 saturated heterocycles. The molecule has 0 bridgehead atoms. The first kappa shape index (κ1) is 17.1. The van der Waals surface area contributed by atoms with Crippen LogP contribution >= 0.6 is 11.8 Å². The second-order valence-corrected chi connectivity index (χ2v) is 5.30. The average Bonchev–Trinajstić information content (AvgIpc) is 2.58. The molecular weight excluding hydrogens is 338 g/mol. The van der Waals surface area contributed by atoms with Crippen molar-refractivity contribution in [1.82, 2.24) is 20.8 Å². The third-order valence-corrected chi connectivity index (χ3v) is 3.53. The highest BCUT2D eigenvalue weighted by Gasteiger charge is 2.10. The van der Waals surface area contributed by atoms with Gasteiger partial charge in [0.05, 0.1) is 10.7 Å². The SMILES string of the molecule is O=C(CSc1nccc(=O)[nH]1)NNC(=O)c1ccc([N+](=O)[O-])cc1. The van der Waals surface area contributed by atoms with Crippen molar-refractivity contribution in [3.63, 3.8) is 0 Å². The van der Waals surface area contributed by atoms with E-state index in [-0.39, 0.29) is 27.7 Å². The van der Waals surface area contributed by atoms with Crippen LogP contribution in [0.1, 0.15) is 10.4 Å². The van der Waals surface area contributed by atoms with Crippen molar-refractivity contribution in [2.24, 2.45) is 0 Å². The summed E-state index contributed by atoms with van der Waals surface area (Å²) in [5, 5.41) is 10.8. The van der Waals surface area contributed by atoms with Gasteiger partial charge in [0.1, 0.15) is 0 Å². The van der Waals surface area contributed by atoms with Crippen molar-refractivity contribution in [2.75, 3.05) is 5.75 Å². The number of aromatic amines is 1. The molecule has 0 unspecified atom stereocenters. The van der Waals surface area contributed by atoms with Gasteiger partial charge in [-0.1, -0.05) is 11.8 Å². The van der Waals surface area contributed by atoms with E-state index in [9.17, 15) is 24.5 Å². The number of nitrogens with zero attached hydrogens (tertiary/aromatic N) is 2. The molecule has 1 heterocycles. The summed E-state index contributed by atoms with van der Waals surface area (Å²) in [5.74, 6) is -1.20. The molecule has 0 atom stereocenters. The fourth-order valence-electron chi connectivity index (χ4n) is 1.53. The molecule has 0 aliphatic carbocycles. The van der Waals surface area contributed by atoms with Crippen LogP contribution in [0, 0.1) is 10.1 Å². The minimum absolute atomic E-state index is 0.0759. The molecular formula is C13H11N5O5S. The Morgan fingerprint density at radius 1 is 1.21 bits per heavy atom. The molecule has 0 fully saturated rings. The minimum atomic E-state index is -0.616. The number of non-ortho nitro benzene ring substituents is 1. The molecule has 0 spiro atoms. The van der Waals surface area contributed by atoms with Gasteiger partial charge in [0.15, 0.2) is 5.16 Å². The lowest BCUT2D eigenvalue weighted by molar-refractivity contribution is -0.384. The molecule has 0 radical (unpaired) electrons. The summed E-state index contributed by atoms with van der Waals surface area (Å²) in [6, 6.07) is 6.16. The molecule has 0 aliphatic rings. The lowest BCUT2D eigenvalue weighted by Gasteiger charge is -2.07. The van der Waals surface area contributed by atoms with E-state index in [1.54, 1.807) is 0 Å². The summed E-state index contributed by atoms with van der Waals surface area (Å²) < 4.78 is 0. The van der Waals surface area contributed by atoms with Crippen molar-refractivity contribution in [3.05, 3.63) is 62.6 Å². The van der Waals surface area contributed by atoms with Crippen LogP contribution in [0.15, 0.2) is 46.5 Å². The van der Waals surface area contributed by atoms with Crippen LogP contribution in [0.2, 0.25) is 0 Å². The lowest BCUT2D eigenvalue weighted by atomic mass is 10.2. The summed E-state index contributed by atoms with van der Waals surface area (Å²) in [6.07, 6.45) is 1.31. The molecule has 11 heteroatoms. The van der Waals surface area contributed by atoms with E-state index in [2.05, 4.69) is 20.8 Å². The minimum Gasteiger partial charge on any atom is -0.301 e. The largest absolute Gasteiger partial charge is 0.301 e. The van der Waals surface area contributed by atoms with Crippen molar-refractivity contribution >= 4 is 29.3 Å². The van der Waals surface area contributed by atoms with E-state index in [0.717, 1.165) is 11.8 Å². The lowest BCUT2D eigenvalue weighted by Crippen LogP contribution is -2.42. The maximum absolute atomic E-state index is 11.8. The Balaban J connectivity index is 1.81. The summed E-state index contributed by atoms with van der Waals surface area (Å²) >= 11 is 0.990. The molecule has 0 aliphatic heterocycles. The van der Waals surface area contributed by atoms with Gasteiger partial charge < -0.3 is 4.98 Å². The predicted molar refractivity (Wildman–Crippen MR) is 84.3 cm³/mol. The summed E-state index contributed by atoms with van der Waals surface area (Å²) in [5.41, 5.74) is 4.05. The van der Waals surface area contributed by atoms with Gasteiger partial charge in [-0.05, 0) is 12.1 Å².